The summed E-state index contributed by atoms with van der Waals surface area (Å²) in [4.78, 5) is 7.40. The molecule has 0 atom stereocenters. The Morgan fingerprint density at radius 1 is 0.484 bits per heavy atom. The molecule has 0 aliphatic carbocycles. The Morgan fingerprint density at radius 2 is 0.903 bits per heavy atom. The van der Waals surface area contributed by atoms with Crippen molar-refractivity contribution in [2.45, 2.75) is 6.42 Å². The molecule has 6 rings (SSSR count). The minimum atomic E-state index is 0.778. The first kappa shape index (κ1) is 17.7. The number of aromatic amines is 2. The molecule has 0 aliphatic rings. The maximum Gasteiger partial charge on any atom is 0.292 e. The van der Waals surface area contributed by atoms with Gasteiger partial charge in [0.2, 0.25) is 0 Å². The first-order valence-corrected chi connectivity index (χ1v) is 10.5. The Kier molecular flexibility index (Phi) is 4.13. The monoisotopic (exact) mass is 402 g/mol. The smallest absolute Gasteiger partial charge is 0.239 e. The summed E-state index contributed by atoms with van der Waals surface area (Å²) >= 11 is 0. The van der Waals surface area contributed by atoms with Gasteiger partial charge in [0.15, 0.2) is 22.4 Å². The van der Waals surface area contributed by atoms with E-state index >= 15 is 0 Å². The number of H-pyrrole nitrogens is 2. The Balaban J connectivity index is 1.51. The van der Waals surface area contributed by atoms with Crippen LogP contribution in [-0.2, 0) is 6.42 Å². The van der Waals surface area contributed by atoms with Gasteiger partial charge in [-0.15, -0.1) is 0 Å². The fourth-order valence-corrected chi connectivity index (χ4v) is 4.36. The number of hydrogen-bond acceptors (Lipinski definition) is 0. The van der Waals surface area contributed by atoms with E-state index in [1.54, 1.807) is 0 Å². The van der Waals surface area contributed by atoms with E-state index in [4.69, 9.17) is 0 Å². The molecule has 0 aliphatic heterocycles. The lowest BCUT2D eigenvalue weighted by atomic mass is 10.2. The van der Waals surface area contributed by atoms with Gasteiger partial charge in [0.05, 0.1) is 29.9 Å². The van der Waals surface area contributed by atoms with Crippen molar-refractivity contribution in [3.05, 3.63) is 121 Å². The second-order valence-electron chi connectivity index (χ2n) is 7.72. The van der Waals surface area contributed by atoms with E-state index in [1.165, 1.54) is 33.5 Å². The lowest BCUT2D eigenvalue weighted by Gasteiger charge is -1.93. The molecule has 31 heavy (non-hydrogen) atoms. The van der Waals surface area contributed by atoms with Crippen molar-refractivity contribution < 1.29 is 8.80 Å². The number of aromatic nitrogens is 4. The van der Waals surface area contributed by atoms with Crippen molar-refractivity contribution >= 4 is 11.0 Å². The Morgan fingerprint density at radius 3 is 1.35 bits per heavy atom. The van der Waals surface area contributed by atoms with Gasteiger partial charge in [-0.1, -0.05) is 48.5 Å². The summed E-state index contributed by atoms with van der Waals surface area (Å²) in [5.74, 6) is 2.19. The highest BCUT2D eigenvalue weighted by Gasteiger charge is 2.25. The molecular weight excluding hydrogens is 380 g/mol. The molecule has 4 heterocycles. The van der Waals surface area contributed by atoms with Gasteiger partial charge in [-0.05, 0) is 48.5 Å². The number of nitrogens with one attached hydrogen (secondary N) is 2. The zero-order valence-electron chi connectivity index (χ0n) is 17.0. The molecular formula is C27H22N4+2. The van der Waals surface area contributed by atoms with Crippen LogP contribution in [0, 0.1) is 0 Å². The molecule has 4 nitrogen and oxygen atoms in total. The molecule has 0 bridgehead atoms. The Hall–Kier alpha value is -4.18. The maximum atomic E-state index is 3.70. The molecule has 4 aromatic heterocycles. The normalized spacial score (nSPS) is 11.4. The molecule has 4 heteroatoms. The first-order chi connectivity index (χ1) is 15.4. The summed E-state index contributed by atoms with van der Waals surface area (Å²) < 4.78 is 4.47. The summed E-state index contributed by atoms with van der Waals surface area (Å²) in [6.07, 6.45) is 5.02. The predicted molar refractivity (Wildman–Crippen MR) is 122 cm³/mol. The zero-order valence-corrected chi connectivity index (χ0v) is 17.0. The van der Waals surface area contributed by atoms with Gasteiger partial charge in [0.25, 0.3) is 11.6 Å². The SMILES string of the molecule is c1ccc(-c2[nH]c(Cc3[nH]c(-c4ccccc4)[n+]4ccccc34)c3cccc[n+]23)cc1. The van der Waals surface area contributed by atoms with E-state index in [0.717, 1.165) is 18.1 Å². The zero-order chi connectivity index (χ0) is 20.6. The number of rotatable bonds is 4. The molecule has 6 aromatic rings. The topological polar surface area (TPSA) is 39.8 Å². The molecule has 0 saturated heterocycles. The van der Waals surface area contributed by atoms with E-state index in [-0.39, 0.29) is 0 Å². The van der Waals surface area contributed by atoms with Crippen LogP contribution in [0.4, 0.5) is 0 Å². The van der Waals surface area contributed by atoms with E-state index < -0.39 is 0 Å². The average molecular weight is 403 g/mol. The summed E-state index contributed by atoms with van der Waals surface area (Å²) in [6, 6.07) is 33.7. The van der Waals surface area contributed by atoms with Crippen LogP contribution in [0.25, 0.3) is 33.8 Å². The molecule has 0 spiro atoms. The van der Waals surface area contributed by atoms with Gasteiger partial charge in [-0.2, -0.15) is 8.80 Å². The van der Waals surface area contributed by atoms with Crippen LogP contribution in [0.15, 0.2) is 109 Å². The third-order valence-corrected chi connectivity index (χ3v) is 5.81. The summed E-state index contributed by atoms with van der Waals surface area (Å²) in [5.41, 5.74) is 7.09. The number of benzene rings is 2. The van der Waals surface area contributed by atoms with Crippen molar-refractivity contribution in [1.29, 1.82) is 0 Å². The van der Waals surface area contributed by atoms with E-state index in [0.29, 0.717) is 0 Å². The van der Waals surface area contributed by atoms with E-state index in [2.05, 4.69) is 116 Å². The van der Waals surface area contributed by atoms with Gasteiger partial charge in [-0.25, -0.2) is 9.97 Å². The minimum absolute atomic E-state index is 0.778. The molecule has 148 valence electrons. The lowest BCUT2D eigenvalue weighted by Crippen LogP contribution is -2.21. The fraction of sp³-hybridized carbons (Fsp3) is 0.0370. The Bertz CT molecular complexity index is 1380. The first-order valence-electron chi connectivity index (χ1n) is 10.5. The van der Waals surface area contributed by atoms with Crippen molar-refractivity contribution in [2.24, 2.45) is 0 Å². The van der Waals surface area contributed by atoms with Crippen molar-refractivity contribution in [1.82, 2.24) is 9.97 Å². The summed E-state index contributed by atoms with van der Waals surface area (Å²) in [5, 5.41) is 0. The summed E-state index contributed by atoms with van der Waals surface area (Å²) in [6.45, 7) is 0. The van der Waals surface area contributed by atoms with Gasteiger partial charge in [0.1, 0.15) is 0 Å². The highest BCUT2D eigenvalue weighted by atomic mass is 15.0. The largest absolute Gasteiger partial charge is 0.292 e. The van der Waals surface area contributed by atoms with Gasteiger partial charge in [0, 0.05) is 0 Å². The van der Waals surface area contributed by atoms with Crippen LogP contribution in [-0.4, -0.2) is 9.97 Å². The van der Waals surface area contributed by atoms with Crippen LogP contribution in [0.2, 0.25) is 0 Å². The standard InChI is InChI=1S/C27H20N4/c1-3-11-20(12-4-1)26-28-22(24-15-7-9-17-30(24)26)19-23-25-16-8-10-18-31(25)27(29-23)21-13-5-2-6-14-21/h1-18H,19H2/p+2. The van der Waals surface area contributed by atoms with Gasteiger partial charge < -0.3 is 0 Å². The second-order valence-corrected chi connectivity index (χ2v) is 7.72. The molecule has 0 radical (unpaired) electrons. The molecule has 0 unspecified atom stereocenters. The second kappa shape index (κ2) is 7.26. The van der Waals surface area contributed by atoms with Crippen LogP contribution >= 0.6 is 0 Å². The number of pyridine rings is 2. The lowest BCUT2D eigenvalue weighted by molar-refractivity contribution is -0.498. The highest BCUT2D eigenvalue weighted by molar-refractivity contribution is 5.61. The molecule has 0 amide bonds. The average Bonchev–Trinajstić information content (AvgIpc) is 3.40. The Labute approximate surface area is 180 Å². The maximum absolute atomic E-state index is 3.70. The number of imidazole rings is 2. The number of fused-ring (bicyclic) bond motifs is 2. The highest BCUT2D eigenvalue weighted by Crippen LogP contribution is 2.22. The third-order valence-electron chi connectivity index (χ3n) is 5.81. The van der Waals surface area contributed by atoms with Crippen molar-refractivity contribution in [3.63, 3.8) is 0 Å². The minimum Gasteiger partial charge on any atom is -0.239 e. The number of hydrogen-bond donors (Lipinski definition) is 2. The van der Waals surface area contributed by atoms with E-state index in [1.807, 2.05) is 12.1 Å². The van der Waals surface area contributed by atoms with Gasteiger partial charge in [-0.3, -0.25) is 0 Å². The van der Waals surface area contributed by atoms with E-state index in [9.17, 15) is 0 Å². The molecule has 2 N–H and O–H groups in total. The van der Waals surface area contributed by atoms with Crippen LogP contribution < -0.4 is 8.80 Å². The quantitative estimate of drug-likeness (QED) is 0.400. The predicted octanol–water partition coefficient (Wildman–Crippen LogP) is 4.75. The van der Waals surface area contributed by atoms with Crippen LogP contribution in [0.5, 0.6) is 0 Å². The molecule has 2 aromatic carbocycles. The summed E-state index contributed by atoms with van der Waals surface area (Å²) in [7, 11) is 0. The van der Waals surface area contributed by atoms with Crippen LogP contribution in [0.3, 0.4) is 0 Å². The third kappa shape index (κ3) is 3.01. The molecule has 0 saturated carbocycles. The van der Waals surface area contributed by atoms with Crippen molar-refractivity contribution in [3.8, 4) is 22.8 Å². The molecule has 0 fully saturated rings. The number of nitrogens with zero attached hydrogens (tertiary/aromatic N) is 2. The van der Waals surface area contributed by atoms with Gasteiger partial charge >= 0.3 is 0 Å². The van der Waals surface area contributed by atoms with Crippen molar-refractivity contribution in [2.75, 3.05) is 0 Å². The van der Waals surface area contributed by atoms with Crippen LogP contribution in [0.1, 0.15) is 11.4 Å². The fourth-order valence-electron chi connectivity index (χ4n) is 4.36.